The predicted molar refractivity (Wildman–Crippen MR) is 102 cm³/mol. The summed E-state index contributed by atoms with van der Waals surface area (Å²) in [6, 6.07) is 0. The van der Waals surface area contributed by atoms with Crippen LogP contribution in [-0.2, 0) is 19.4 Å². The van der Waals surface area contributed by atoms with Crippen LogP contribution in [0.25, 0.3) is 0 Å². The molecule has 0 saturated heterocycles. The Morgan fingerprint density at radius 3 is 2.56 bits per heavy atom. The van der Waals surface area contributed by atoms with Gasteiger partial charge in [0.15, 0.2) is 0 Å². The Bertz CT molecular complexity index is 771. The zero-order valence-corrected chi connectivity index (χ0v) is 17.4. The van der Waals surface area contributed by atoms with Gasteiger partial charge in [0.2, 0.25) is 0 Å². The summed E-state index contributed by atoms with van der Waals surface area (Å²) in [6.07, 6.45) is 9.54. The van der Waals surface area contributed by atoms with Gasteiger partial charge in [-0.3, -0.25) is 9.35 Å². The Morgan fingerprint density at radius 2 is 1.89 bits per heavy atom. The first-order valence-corrected chi connectivity index (χ1v) is 11.8. The lowest BCUT2D eigenvalue weighted by molar-refractivity contribution is -0.127. The van der Waals surface area contributed by atoms with E-state index in [2.05, 4.69) is 19.9 Å². The molecule has 3 saturated carbocycles. The van der Waals surface area contributed by atoms with Crippen LogP contribution in [0.2, 0.25) is 0 Å². The maximum Gasteiger partial charge on any atom is 0.397 e. The second-order valence-corrected chi connectivity index (χ2v) is 11.0. The van der Waals surface area contributed by atoms with Crippen molar-refractivity contribution in [2.45, 2.75) is 78.2 Å². The van der Waals surface area contributed by atoms with Gasteiger partial charge >= 0.3 is 10.4 Å². The highest BCUT2D eigenvalue weighted by Gasteiger charge is 2.59. The van der Waals surface area contributed by atoms with Gasteiger partial charge in [-0.25, -0.2) is 4.18 Å². The molecule has 0 bridgehead atoms. The van der Waals surface area contributed by atoms with Gasteiger partial charge in [-0.2, -0.15) is 8.42 Å². The summed E-state index contributed by atoms with van der Waals surface area (Å²) in [5.74, 6) is 2.43. The molecule has 152 valence electrons. The molecule has 1 N–H and O–H groups in total. The number of ketones is 1. The van der Waals surface area contributed by atoms with E-state index in [0.29, 0.717) is 36.4 Å². The molecule has 0 radical (unpaired) electrons. The number of Topliss-reactive ketones (excluding diaryl/α,β-unsaturated/α-hetero) is 1. The van der Waals surface area contributed by atoms with E-state index < -0.39 is 16.5 Å². The van der Waals surface area contributed by atoms with Crippen molar-refractivity contribution in [1.29, 1.82) is 0 Å². The summed E-state index contributed by atoms with van der Waals surface area (Å²) >= 11 is 0. The highest BCUT2D eigenvalue weighted by atomic mass is 32.3. The van der Waals surface area contributed by atoms with E-state index in [1.54, 1.807) is 6.92 Å². The van der Waals surface area contributed by atoms with Gasteiger partial charge in [0, 0.05) is 5.92 Å². The topological polar surface area (TPSA) is 80.7 Å². The maximum atomic E-state index is 12.2. The molecule has 4 rings (SSSR count). The fourth-order valence-corrected chi connectivity index (χ4v) is 8.06. The molecule has 27 heavy (non-hydrogen) atoms. The van der Waals surface area contributed by atoms with E-state index in [-0.39, 0.29) is 16.7 Å². The van der Waals surface area contributed by atoms with Gasteiger partial charge in [0.25, 0.3) is 0 Å². The van der Waals surface area contributed by atoms with Gasteiger partial charge in [-0.1, -0.05) is 25.5 Å². The minimum absolute atomic E-state index is 0.0949. The number of hydrogen-bond donors (Lipinski definition) is 1. The Labute approximate surface area is 162 Å². The van der Waals surface area contributed by atoms with Gasteiger partial charge in [-0.05, 0) is 86.9 Å². The SMILES string of the molecule is CC(=O)[C@@H]1CC[C@@H]2[C@H]3CC=C4C[C@H](OS(=O)(=O)O)CC[C@@]4(C)[C@@H]3CC[C@]21C. The fourth-order valence-electron chi connectivity index (χ4n) is 7.55. The molecule has 0 unspecified atom stereocenters. The lowest BCUT2D eigenvalue weighted by atomic mass is 9.47. The third-order valence-corrected chi connectivity index (χ3v) is 9.32. The van der Waals surface area contributed by atoms with Crippen molar-refractivity contribution < 1.29 is 21.9 Å². The van der Waals surface area contributed by atoms with E-state index in [9.17, 15) is 13.2 Å². The molecule has 0 amide bonds. The molecular weight excluding hydrogens is 364 g/mol. The quantitative estimate of drug-likeness (QED) is 0.567. The van der Waals surface area contributed by atoms with Crippen LogP contribution in [0.4, 0.5) is 0 Å². The molecule has 0 aromatic heterocycles. The van der Waals surface area contributed by atoms with E-state index in [1.807, 2.05) is 0 Å². The monoisotopic (exact) mass is 396 g/mol. The minimum Gasteiger partial charge on any atom is -0.300 e. The second kappa shape index (κ2) is 6.39. The zero-order valence-electron chi connectivity index (χ0n) is 16.6. The summed E-state index contributed by atoms with van der Waals surface area (Å²) < 4.78 is 36.1. The molecule has 4 aliphatic carbocycles. The molecule has 0 aromatic rings. The van der Waals surface area contributed by atoms with Crippen molar-refractivity contribution in [3.63, 3.8) is 0 Å². The van der Waals surface area contributed by atoms with Crippen molar-refractivity contribution in [2.75, 3.05) is 0 Å². The first-order valence-electron chi connectivity index (χ1n) is 10.4. The number of fused-ring (bicyclic) bond motifs is 5. The molecule has 0 aromatic carbocycles. The first kappa shape index (κ1) is 19.6. The van der Waals surface area contributed by atoms with Crippen LogP contribution in [0.1, 0.15) is 72.1 Å². The molecular formula is C21H32O5S. The van der Waals surface area contributed by atoms with Crippen LogP contribution in [0.3, 0.4) is 0 Å². The van der Waals surface area contributed by atoms with Crippen molar-refractivity contribution in [3.8, 4) is 0 Å². The van der Waals surface area contributed by atoms with Gasteiger partial charge < -0.3 is 0 Å². The lowest BCUT2D eigenvalue weighted by Crippen LogP contribution is -2.51. The lowest BCUT2D eigenvalue weighted by Gasteiger charge is -2.58. The molecule has 4 aliphatic rings. The van der Waals surface area contributed by atoms with Crippen LogP contribution in [-0.4, -0.2) is 24.9 Å². The first-order chi connectivity index (χ1) is 12.5. The number of carbonyl (C=O) groups excluding carboxylic acids is 1. The molecule has 0 heterocycles. The van der Waals surface area contributed by atoms with E-state index >= 15 is 0 Å². The highest BCUT2D eigenvalue weighted by molar-refractivity contribution is 7.80. The molecule has 6 heteroatoms. The van der Waals surface area contributed by atoms with Crippen LogP contribution in [0.5, 0.6) is 0 Å². The largest absolute Gasteiger partial charge is 0.397 e. The van der Waals surface area contributed by atoms with E-state index in [4.69, 9.17) is 8.74 Å². The Morgan fingerprint density at radius 1 is 1.15 bits per heavy atom. The van der Waals surface area contributed by atoms with E-state index in [1.165, 1.54) is 5.57 Å². The van der Waals surface area contributed by atoms with Crippen molar-refractivity contribution in [1.82, 2.24) is 0 Å². The number of carbonyl (C=O) groups is 1. The minimum atomic E-state index is -4.40. The number of rotatable bonds is 3. The smallest absolute Gasteiger partial charge is 0.300 e. The maximum absolute atomic E-state index is 12.2. The molecule has 7 atom stereocenters. The highest BCUT2D eigenvalue weighted by Crippen LogP contribution is 2.66. The van der Waals surface area contributed by atoms with Gasteiger partial charge in [-0.15, -0.1) is 0 Å². The standard InChI is InChI=1S/C21H32O5S/c1-13(22)17-6-7-18-16-5-4-14-12-15(26-27(23,24)25)8-10-20(14,2)19(16)9-11-21(17,18)3/h4,15-19H,5-12H2,1-3H3,(H,23,24,25)/t15-,16-,17+,18-,19-,20-,21+/m1/s1. The molecule has 3 fully saturated rings. The third-order valence-electron chi connectivity index (χ3n) is 8.81. The summed E-state index contributed by atoms with van der Waals surface area (Å²) in [7, 11) is -4.40. The summed E-state index contributed by atoms with van der Waals surface area (Å²) in [5, 5.41) is 0. The van der Waals surface area contributed by atoms with Crippen molar-refractivity contribution in [2.24, 2.45) is 34.5 Å². The molecule has 0 spiro atoms. The Kier molecular flexibility index (Phi) is 4.64. The summed E-state index contributed by atoms with van der Waals surface area (Å²) in [5.41, 5.74) is 1.56. The van der Waals surface area contributed by atoms with Crippen molar-refractivity contribution in [3.05, 3.63) is 11.6 Å². The van der Waals surface area contributed by atoms with E-state index in [0.717, 1.165) is 38.5 Å². The van der Waals surface area contributed by atoms with Crippen LogP contribution in [0, 0.1) is 34.5 Å². The summed E-state index contributed by atoms with van der Waals surface area (Å²) in [6.45, 7) is 6.46. The average molecular weight is 397 g/mol. The van der Waals surface area contributed by atoms with Gasteiger partial charge in [0.05, 0.1) is 6.10 Å². The average Bonchev–Trinajstić information content (AvgIpc) is 2.91. The molecule has 5 nitrogen and oxygen atoms in total. The zero-order chi connectivity index (χ0) is 19.6. The number of allylic oxidation sites excluding steroid dienone is 1. The normalized spacial score (nSPS) is 46.8. The fraction of sp³-hybridized carbons (Fsp3) is 0.857. The Balaban J connectivity index is 1.58. The molecule has 0 aliphatic heterocycles. The van der Waals surface area contributed by atoms with Gasteiger partial charge in [0.1, 0.15) is 5.78 Å². The van der Waals surface area contributed by atoms with Crippen LogP contribution < -0.4 is 0 Å². The second-order valence-electron chi connectivity index (χ2n) is 9.93. The predicted octanol–water partition coefficient (Wildman–Crippen LogP) is 4.34. The summed E-state index contributed by atoms with van der Waals surface area (Å²) in [4.78, 5) is 12.2. The van der Waals surface area contributed by atoms with Crippen LogP contribution in [0.15, 0.2) is 11.6 Å². The third kappa shape index (κ3) is 3.12. The Hall–Kier alpha value is -0.720. The van der Waals surface area contributed by atoms with Crippen LogP contribution >= 0.6 is 0 Å². The van der Waals surface area contributed by atoms with Crippen molar-refractivity contribution >= 4 is 16.2 Å². The number of hydrogen-bond acceptors (Lipinski definition) is 4.